The molecule has 0 bridgehead atoms. The number of hydrogen-bond acceptors (Lipinski definition) is 7. The fraction of sp³-hybridized carbons (Fsp3) is 0.208. The van der Waals surface area contributed by atoms with Gasteiger partial charge in [-0.2, -0.15) is 0 Å². The van der Waals surface area contributed by atoms with E-state index in [2.05, 4.69) is 5.32 Å². The van der Waals surface area contributed by atoms with Crippen molar-refractivity contribution in [1.29, 1.82) is 0 Å². The summed E-state index contributed by atoms with van der Waals surface area (Å²) in [5, 5.41) is 2.77. The van der Waals surface area contributed by atoms with Crippen molar-refractivity contribution in [2.24, 2.45) is 0 Å². The first-order valence-corrected chi connectivity index (χ1v) is 11.2. The minimum atomic E-state index is -0.276. The van der Waals surface area contributed by atoms with Crippen LogP contribution in [0.1, 0.15) is 11.1 Å². The lowest BCUT2D eigenvalue weighted by Crippen LogP contribution is -2.36. The topological polar surface area (TPSA) is 77.1 Å². The van der Waals surface area contributed by atoms with E-state index in [1.165, 1.54) is 22.7 Å². The quantitative estimate of drug-likeness (QED) is 0.429. The van der Waals surface area contributed by atoms with Gasteiger partial charge in [0.2, 0.25) is 5.91 Å². The number of benzene rings is 2. The van der Waals surface area contributed by atoms with E-state index in [4.69, 9.17) is 26.4 Å². The maximum absolute atomic E-state index is 12.7. The second-order valence-corrected chi connectivity index (χ2v) is 8.52. The van der Waals surface area contributed by atoms with Crippen molar-refractivity contribution < 1.29 is 23.8 Å². The molecule has 9 heteroatoms. The van der Waals surface area contributed by atoms with Gasteiger partial charge in [0.25, 0.3) is 5.91 Å². The first-order chi connectivity index (χ1) is 15.9. The highest BCUT2D eigenvalue weighted by molar-refractivity contribution is 8.26. The van der Waals surface area contributed by atoms with E-state index in [0.29, 0.717) is 26.5 Å². The molecule has 0 aromatic heterocycles. The fourth-order valence-electron chi connectivity index (χ4n) is 3.05. The van der Waals surface area contributed by atoms with E-state index in [1.807, 2.05) is 30.3 Å². The lowest BCUT2D eigenvalue weighted by Gasteiger charge is -2.14. The van der Waals surface area contributed by atoms with Crippen LogP contribution in [0.2, 0.25) is 0 Å². The lowest BCUT2D eigenvalue weighted by molar-refractivity contribution is -0.122. The Labute approximate surface area is 202 Å². The Morgan fingerprint density at radius 2 is 1.85 bits per heavy atom. The van der Waals surface area contributed by atoms with Crippen molar-refractivity contribution in [3.05, 3.63) is 64.6 Å². The van der Waals surface area contributed by atoms with Crippen LogP contribution in [-0.4, -0.2) is 55.5 Å². The number of hydrogen-bond donors (Lipinski definition) is 1. The number of methoxy groups -OCH3 is 3. The van der Waals surface area contributed by atoms with Gasteiger partial charge in [-0.25, -0.2) is 0 Å². The molecule has 0 aliphatic carbocycles. The number of rotatable bonds is 9. The smallest absolute Gasteiger partial charge is 0.266 e. The second-order valence-electron chi connectivity index (χ2n) is 6.85. The van der Waals surface area contributed by atoms with Crippen LogP contribution in [0.15, 0.2) is 53.4 Å². The molecule has 2 amide bonds. The van der Waals surface area contributed by atoms with E-state index >= 15 is 0 Å². The minimum Gasteiger partial charge on any atom is -0.497 e. The van der Waals surface area contributed by atoms with Gasteiger partial charge >= 0.3 is 0 Å². The van der Waals surface area contributed by atoms with Gasteiger partial charge in [0.05, 0.1) is 26.2 Å². The Hall–Kier alpha value is -3.30. The molecule has 2 aromatic carbocycles. The Bertz CT molecular complexity index is 1110. The summed E-state index contributed by atoms with van der Waals surface area (Å²) in [6, 6.07) is 12.8. The van der Waals surface area contributed by atoms with Gasteiger partial charge in [0.1, 0.15) is 10.1 Å². The summed E-state index contributed by atoms with van der Waals surface area (Å²) in [6.07, 6.45) is 4.88. The molecular formula is C24H24N2O5S2. The zero-order chi connectivity index (χ0) is 23.8. The second kappa shape index (κ2) is 11.5. The molecule has 1 aliphatic rings. The van der Waals surface area contributed by atoms with Gasteiger partial charge in [-0.1, -0.05) is 42.2 Å². The molecule has 1 fully saturated rings. The molecule has 0 spiro atoms. The highest BCUT2D eigenvalue weighted by atomic mass is 32.2. The molecule has 1 saturated heterocycles. The van der Waals surface area contributed by atoms with E-state index in [9.17, 15) is 9.59 Å². The van der Waals surface area contributed by atoms with Gasteiger partial charge in [-0.3, -0.25) is 14.5 Å². The molecule has 172 valence electrons. The average Bonchev–Trinajstić information content (AvgIpc) is 3.09. The van der Waals surface area contributed by atoms with Crippen LogP contribution in [-0.2, 0) is 9.59 Å². The van der Waals surface area contributed by atoms with Crippen molar-refractivity contribution in [3.63, 3.8) is 0 Å². The molecule has 33 heavy (non-hydrogen) atoms. The third-order valence-electron chi connectivity index (χ3n) is 4.73. The Morgan fingerprint density at radius 1 is 1.06 bits per heavy atom. The van der Waals surface area contributed by atoms with Gasteiger partial charge in [-0.05, 0) is 47.5 Å². The molecule has 2 aromatic rings. The third kappa shape index (κ3) is 6.36. The van der Waals surface area contributed by atoms with Crippen molar-refractivity contribution in [2.45, 2.75) is 0 Å². The number of thiocarbonyl (C=S) groups is 1. The van der Waals surface area contributed by atoms with Gasteiger partial charge in [0.15, 0.2) is 11.5 Å². The highest BCUT2D eigenvalue weighted by Crippen LogP contribution is 2.32. The number of amides is 2. The van der Waals surface area contributed by atoms with Crippen LogP contribution in [0.25, 0.3) is 12.2 Å². The summed E-state index contributed by atoms with van der Waals surface area (Å²) in [4.78, 5) is 26.9. The molecule has 1 aliphatic heterocycles. The van der Waals surface area contributed by atoms with Gasteiger partial charge < -0.3 is 19.5 Å². The standard InChI is InChI=1S/C24H24N2O5S2/c1-29-18-6-4-5-17(13-18)15-21-23(28)26(24(32)33-21)12-11-25-22(27)10-8-16-7-9-19(30-2)20(14-16)31-3/h4-10,13-15H,11-12H2,1-3H3,(H,25,27)/b10-8+,21-15+. The molecular weight excluding hydrogens is 460 g/mol. The molecule has 1 heterocycles. The maximum Gasteiger partial charge on any atom is 0.266 e. The molecule has 0 unspecified atom stereocenters. The van der Waals surface area contributed by atoms with Crippen molar-refractivity contribution in [1.82, 2.24) is 10.2 Å². The predicted molar refractivity (Wildman–Crippen MR) is 134 cm³/mol. The predicted octanol–water partition coefficient (Wildman–Crippen LogP) is 3.74. The lowest BCUT2D eigenvalue weighted by atomic mass is 10.2. The normalized spacial score (nSPS) is 14.8. The zero-order valence-corrected chi connectivity index (χ0v) is 20.1. The van der Waals surface area contributed by atoms with E-state index < -0.39 is 0 Å². The summed E-state index contributed by atoms with van der Waals surface area (Å²) < 4.78 is 16.1. The van der Waals surface area contributed by atoms with Crippen LogP contribution >= 0.6 is 24.0 Å². The third-order valence-corrected chi connectivity index (χ3v) is 6.11. The number of nitrogens with one attached hydrogen (secondary N) is 1. The number of ether oxygens (including phenoxy) is 3. The molecule has 0 saturated carbocycles. The number of thioether (sulfide) groups is 1. The van der Waals surface area contributed by atoms with Gasteiger partial charge in [0, 0.05) is 19.2 Å². The molecule has 7 nitrogen and oxygen atoms in total. The van der Waals surface area contributed by atoms with Crippen molar-refractivity contribution in [2.75, 3.05) is 34.4 Å². The van der Waals surface area contributed by atoms with Crippen LogP contribution in [0.4, 0.5) is 0 Å². The van der Waals surface area contributed by atoms with Crippen LogP contribution in [0.5, 0.6) is 17.2 Å². The van der Waals surface area contributed by atoms with Crippen LogP contribution in [0.3, 0.4) is 0 Å². The van der Waals surface area contributed by atoms with Gasteiger partial charge in [-0.15, -0.1) is 0 Å². The van der Waals surface area contributed by atoms with E-state index in [-0.39, 0.29) is 24.9 Å². The molecule has 3 rings (SSSR count). The first-order valence-electron chi connectivity index (χ1n) is 10.0. The molecule has 1 N–H and O–H groups in total. The SMILES string of the molecule is COc1cccc(/C=C2/SC(=S)N(CCNC(=O)/C=C/c3ccc(OC)c(OC)c3)C2=O)c1. The Morgan fingerprint density at radius 3 is 2.58 bits per heavy atom. The van der Waals surface area contributed by atoms with Crippen LogP contribution in [0, 0.1) is 0 Å². The summed E-state index contributed by atoms with van der Waals surface area (Å²) in [6.45, 7) is 0.560. The summed E-state index contributed by atoms with van der Waals surface area (Å²) in [7, 11) is 4.71. The van der Waals surface area contributed by atoms with E-state index in [0.717, 1.165) is 11.1 Å². The minimum absolute atomic E-state index is 0.178. The highest BCUT2D eigenvalue weighted by Gasteiger charge is 2.31. The number of carbonyl (C=O) groups excluding carboxylic acids is 2. The largest absolute Gasteiger partial charge is 0.497 e. The maximum atomic E-state index is 12.7. The zero-order valence-electron chi connectivity index (χ0n) is 18.5. The summed E-state index contributed by atoms with van der Waals surface area (Å²) in [5.41, 5.74) is 1.64. The molecule has 0 atom stereocenters. The van der Waals surface area contributed by atoms with Crippen molar-refractivity contribution in [3.8, 4) is 17.2 Å². The van der Waals surface area contributed by atoms with Crippen LogP contribution < -0.4 is 19.5 Å². The monoisotopic (exact) mass is 484 g/mol. The summed E-state index contributed by atoms with van der Waals surface area (Å²) in [5.74, 6) is 1.45. The number of carbonyl (C=O) groups is 2. The van der Waals surface area contributed by atoms with Crippen molar-refractivity contribution >= 4 is 52.3 Å². The number of nitrogens with zero attached hydrogens (tertiary/aromatic N) is 1. The Kier molecular flexibility index (Phi) is 8.51. The Balaban J connectivity index is 1.54. The average molecular weight is 485 g/mol. The first kappa shape index (κ1) is 24.3. The summed E-state index contributed by atoms with van der Waals surface area (Å²) >= 11 is 6.59. The fourth-order valence-corrected chi connectivity index (χ4v) is 4.36. The van der Waals surface area contributed by atoms with E-state index in [1.54, 1.807) is 45.6 Å². The molecule has 0 radical (unpaired) electrons.